The highest BCUT2D eigenvalue weighted by Gasteiger charge is 2.37. The number of hydrogen-bond acceptors (Lipinski definition) is 5. The summed E-state index contributed by atoms with van der Waals surface area (Å²) in [6.07, 6.45) is 20.2. The number of pyridine rings is 1. The van der Waals surface area contributed by atoms with Gasteiger partial charge in [-0.15, -0.1) is 0 Å². The van der Waals surface area contributed by atoms with Gasteiger partial charge in [0.25, 0.3) is 0 Å². The number of piperidine rings is 1. The summed E-state index contributed by atoms with van der Waals surface area (Å²) in [6, 6.07) is 6.04. The topological polar surface area (TPSA) is 34.6 Å². The first kappa shape index (κ1) is 23.3. The number of hydrogen-bond donors (Lipinski definition) is 1. The summed E-state index contributed by atoms with van der Waals surface area (Å²) in [7, 11) is 0. The van der Waals surface area contributed by atoms with Gasteiger partial charge in [-0.2, -0.15) is 0 Å². The van der Waals surface area contributed by atoms with Gasteiger partial charge in [-0.05, 0) is 75.5 Å². The molecule has 188 valence electrons. The highest BCUT2D eigenvalue weighted by molar-refractivity contribution is 5.28. The van der Waals surface area contributed by atoms with Crippen molar-refractivity contribution in [2.24, 2.45) is 5.92 Å². The normalized spacial score (nSPS) is 34.6. The molecule has 3 saturated heterocycles. The van der Waals surface area contributed by atoms with Crippen LogP contribution < -0.4 is 5.32 Å². The number of fused-ring (bicyclic) bond motifs is 4. The summed E-state index contributed by atoms with van der Waals surface area (Å²) in [4.78, 5) is 13.0. The van der Waals surface area contributed by atoms with Crippen LogP contribution in [0.1, 0.15) is 68.7 Å². The Balaban J connectivity index is 1.23. The van der Waals surface area contributed by atoms with E-state index in [1.54, 1.807) is 0 Å². The fraction of sp³-hybridized carbons (Fsp3) is 0.633. The van der Waals surface area contributed by atoms with E-state index in [4.69, 9.17) is 11.6 Å². The van der Waals surface area contributed by atoms with Crippen LogP contribution in [0.3, 0.4) is 0 Å². The van der Waals surface area contributed by atoms with Crippen molar-refractivity contribution < 1.29 is 0 Å². The summed E-state index contributed by atoms with van der Waals surface area (Å²) in [6.45, 7) is 11.7. The fourth-order valence-electron chi connectivity index (χ4n) is 7.45. The zero-order valence-corrected chi connectivity index (χ0v) is 21.4. The quantitative estimate of drug-likeness (QED) is 0.632. The van der Waals surface area contributed by atoms with Crippen LogP contribution in [0.2, 0.25) is 0 Å². The van der Waals surface area contributed by atoms with Crippen LogP contribution in [0.15, 0.2) is 54.5 Å². The molecule has 1 unspecified atom stereocenters. The SMILES string of the molecule is C=C1C/C(=C\N2CCC[C@H]3CCc4cccnc4[C@H]32)NCC/C=C\CC1N1CCN2CCC[C@@H]2C1. The average molecular weight is 474 g/mol. The van der Waals surface area contributed by atoms with Crippen molar-refractivity contribution in [1.82, 2.24) is 25.0 Å². The van der Waals surface area contributed by atoms with Crippen LogP contribution in [0.4, 0.5) is 0 Å². The van der Waals surface area contributed by atoms with Crippen LogP contribution in [0.25, 0.3) is 0 Å². The van der Waals surface area contributed by atoms with Crippen molar-refractivity contribution in [3.8, 4) is 0 Å². The van der Waals surface area contributed by atoms with Crippen molar-refractivity contribution in [3.05, 3.63) is 65.8 Å². The number of likely N-dealkylation sites (tertiary alicyclic amines) is 1. The van der Waals surface area contributed by atoms with E-state index in [1.807, 2.05) is 6.20 Å². The Morgan fingerprint density at radius 3 is 2.91 bits per heavy atom. The summed E-state index contributed by atoms with van der Waals surface area (Å²) in [5.74, 6) is 0.726. The predicted molar refractivity (Wildman–Crippen MR) is 143 cm³/mol. The summed E-state index contributed by atoms with van der Waals surface area (Å²) in [5, 5.41) is 3.81. The zero-order valence-electron chi connectivity index (χ0n) is 21.4. The van der Waals surface area contributed by atoms with Crippen molar-refractivity contribution in [3.63, 3.8) is 0 Å². The number of allylic oxidation sites excluding steroid dienone is 1. The van der Waals surface area contributed by atoms with Gasteiger partial charge in [0, 0.05) is 69.3 Å². The molecule has 0 aromatic carbocycles. The van der Waals surface area contributed by atoms with Crippen LogP contribution >= 0.6 is 0 Å². The molecule has 6 rings (SSSR count). The van der Waals surface area contributed by atoms with Crippen molar-refractivity contribution in [2.75, 3.05) is 39.3 Å². The molecule has 3 fully saturated rings. The second kappa shape index (κ2) is 10.5. The standard InChI is InChI=1S/C30H43N5/c1-23-20-26(21-35-17-6-9-25-13-12-24-8-5-15-32-29(24)30(25)35)31-14-4-2-3-11-28(23)34-19-18-33-16-7-10-27(33)22-34/h2-3,5,8,15,21,25,27-28,30-31H,1,4,6-7,9-14,16-20,22H2/b3-2-,26-21+/t25-,27+,28?,30-/m0/s1. The van der Waals surface area contributed by atoms with E-state index >= 15 is 0 Å². The molecular weight excluding hydrogens is 430 g/mol. The van der Waals surface area contributed by atoms with Crippen LogP contribution in [-0.2, 0) is 6.42 Å². The Morgan fingerprint density at radius 2 is 1.94 bits per heavy atom. The molecule has 5 aliphatic rings. The smallest absolute Gasteiger partial charge is 0.0739 e. The van der Waals surface area contributed by atoms with E-state index in [2.05, 4.69) is 50.5 Å². The molecule has 1 N–H and O–H groups in total. The Kier molecular flexibility index (Phi) is 6.97. The predicted octanol–water partition coefficient (Wildman–Crippen LogP) is 4.66. The second-order valence-corrected chi connectivity index (χ2v) is 11.4. The number of piperazine rings is 1. The molecule has 0 saturated carbocycles. The van der Waals surface area contributed by atoms with Gasteiger partial charge >= 0.3 is 0 Å². The molecule has 0 spiro atoms. The molecule has 0 bridgehead atoms. The molecular formula is C30H43N5. The Hall–Kier alpha value is -2.11. The van der Waals surface area contributed by atoms with E-state index in [9.17, 15) is 0 Å². The lowest BCUT2D eigenvalue weighted by atomic mass is 9.77. The number of rotatable bonds is 2. The first-order valence-electron chi connectivity index (χ1n) is 14.2. The van der Waals surface area contributed by atoms with Gasteiger partial charge in [0.2, 0.25) is 0 Å². The lowest BCUT2D eigenvalue weighted by Gasteiger charge is -2.44. The number of aromatic nitrogens is 1. The van der Waals surface area contributed by atoms with Crippen LogP contribution in [0, 0.1) is 5.92 Å². The number of nitrogens with one attached hydrogen (secondary N) is 1. The minimum absolute atomic E-state index is 0.429. The third-order valence-electron chi connectivity index (χ3n) is 9.24. The molecule has 0 radical (unpaired) electrons. The van der Waals surface area contributed by atoms with Crippen molar-refractivity contribution in [2.45, 2.75) is 75.9 Å². The summed E-state index contributed by atoms with van der Waals surface area (Å²) in [5.41, 5.74) is 5.50. The van der Waals surface area contributed by atoms with Gasteiger partial charge < -0.3 is 10.2 Å². The van der Waals surface area contributed by atoms with Crippen molar-refractivity contribution in [1.29, 1.82) is 0 Å². The molecule has 1 aromatic heterocycles. The molecule has 1 aliphatic carbocycles. The number of aryl methyl sites for hydroxylation is 1. The van der Waals surface area contributed by atoms with E-state index in [0.717, 1.165) is 44.3 Å². The second-order valence-electron chi connectivity index (χ2n) is 11.4. The highest BCUT2D eigenvalue weighted by Crippen LogP contribution is 2.43. The van der Waals surface area contributed by atoms with Gasteiger partial charge in [-0.3, -0.25) is 14.8 Å². The fourth-order valence-corrected chi connectivity index (χ4v) is 7.45. The Bertz CT molecular complexity index is 967. The van der Waals surface area contributed by atoms with Gasteiger partial charge in [-0.25, -0.2) is 0 Å². The van der Waals surface area contributed by atoms with Gasteiger partial charge in [-0.1, -0.05) is 30.4 Å². The minimum Gasteiger partial charge on any atom is -0.387 e. The third kappa shape index (κ3) is 4.95. The van der Waals surface area contributed by atoms with Crippen LogP contribution in [0.5, 0.6) is 0 Å². The maximum absolute atomic E-state index is 4.89. The monoisotopic (exact) mass is 473 g/mol. The van der Waals surface area contributed by atoms with Crippen LogP contribution in [-0.4, -0.2) is 71.0 Å². The molecule has 0 amide bonds. The molecule has 5 heteroatoms. The summed E-state index contributed by atoms with van der Waals surface area (Å²) < 4.78 is 0. The molecule has 35 heavy (non-hydrogen) atoms. The summed E-state index contributed by atoms with van der Waals surface area (Å²) >= 11 is 0. The van der Waals surface area contributed by atoms with Gasteiger partial charge in [0.15, 0.2) is 0 Å². The Labute approximate surface area is 212 Å². The third-order valence-corrected chi connectivity index (χ3v) is 9.24. The largest absolute Gasteiger partial charge is 0.387 e. The highest BCUT2D eigenvalue weighted by atomic mass is 15.3. The molecule has 1 aromatic rings. The van der Waals surface area contributed by atoms with E-state index in [0.29, 0.717) is 12.1 Å². The van der Waals surface area contributed by atoms with Crippen molar-refractivity contribution >= 4 is 0 Å². The molecule has 5 heterocycles. The lowest BCUT2D eigenvalue weighted by Crippen LogP contribution is -2.53. The lowest BCUT2D eigenvalue weighted by molar-refractivity contribution is 0.0823. The molecule has 5 nitrogen and oxygen atoms in total. The van der Waals surface area contributed by atoms with E-state index in [1.165, 1.54) is 87.2 Å². The van der Waals surface area contributed by atoms with E-state index in [-0.39, 0.29) is 0 Å². The number of nitrogens with zero attached hydrogens (tertiary/aromatic N) is 4. The molecule has 4 atom stereocenters. The average Bonchev–Trinajstić information content (AvgIpc) is 3.36. The van der Waals surface area contributed by atoms with Gasteiger partial charge in [0.05, 0.1) is 11.7 Å². The zero-order chi connectivity index (χ0) is 23.6. The maximum Gasteiger partial charge on any atom is 0.0739 e. The van der Waals surface area contributed by atoms with Gasteiger partial charge in [0.1, 0.15) is 0 Å². The first-order chi connectivity index (χ1) is 17.3. The maximum atomic E-state index is 4.89. The first-order valence-corrected chi connectivity index (χ1v) is 14.2. The molecule has 4 aliphatic heterocycles. The van der Waals surface area contributed by atoms with E-state index < -0.39 is 0 Å². The Morgan fingerprint density at radius 1 is 1.03 bits per heavy atom. The minimum atomic E-state index is 0.429.